The van der Waals surface area contributed by atoms with Gasteiger partial charge in [-0.3, -0.25) is 14.4 Å². The van der Waals surface area contributed by atoms with Gasteiger partial charge in [-0.15, -0.1) is 0 Å². The van der Waals surface area contributed by atoms with E-state index in [9.17, 15) is 14.4 Å². The molecule has 0 bridgehead atoms. The lowest BCUT2D eigenvalue weighted by Gasteiger charge is -2.18. The first-order valence-electron chi connectivity index (χ1n) is 5.27. The molecule has 0 aromatic rings. The number of likely N-dealkylation sites (N-methyl/N-ethyl adjacent to an activating group) is 1. The van der Waals surface area contributed by atoms with Crippen LogP contribution < -0.4 is 5.32 Å². The van der Waals surface area contributed by atoms with Gasteiger partial charge in [0.1, 0.15) is 6.54 Å². The van der Waals surface area contributed by atoms with Gasteiger partial charge in [0.15, 0.2) is 0 Å². The number of hydrogen-bond donors (Lipinski definition) is 2. The Balaban J connectivity index is 4.02. The molecule has 2 amide bonds. The first-order chi connectivity index (χ1) is 7.51. The maximum Gasteiger partial charge on any atom is 0.323 e. The Hall–Kier alpha value is -1.59. The molecule has 16 heavy (non-hydrogen) atoms. The van der Waals surface area contributed by atoms with Crippen molar-refractivity contribution in [3.05, 3.63) is 0 Å². The molecule has 0 aliphatic rings. The third-order valence-corrected chi connectivity index (χ3v) is 2.00. The molecule has 2 N–H and O–H groups in total. The van der Waals surface area contributed by atoms with Crippen LogP contribution in [0.25, 0.3) is 0 Å². The van der Waals surface area contributed by atoms with E-state index in [1.807, 2.05) is 0 Å². The van der Waals surface area contributed by atoms with Crippen molar-refractivity contribution in [1.82, 2.24) is 10.2 Å². The maximum absolute atomic E-state index is 11.5. The van der Waals surface area contributed by atoms with Gasteiger partial charge in [-0.05, 0) is 13.8 Å². The molecular formula is C10H18N2O4. The summed E-state index contributed by atoms with van der Waals surface area (Å²) in [6.07, 6.45) is 0.149. The van der Waals surface area contributed by atoms with Crippen molar-refractivity contribution in [2.24, 2.45) is 0 Å². The lowest BCUT2D eigenvalue weighted by Crippen LogP contribution is -2.36. The van der Waals surface area contributed by atoms with E-state index in [2.05, 4.69) is 5.32 Å². The number of aliphatic carboxylic acids is 1. The lowest BCUT2D eigenvalue weighted by molar-refractivity contribution is -0.144. The number of amides is 2. The van der Waals surface area contributed by atoms with Crippen LogP contribution in [0.15, 0.2) is 0 Å². The topological polar surface area (TPSA) is 86.7 Å². The number of rotatable bonds is 7. The molecule has 0 aromatic heterocycles. The van der Waals surface area contributed by atoms with E-state index < -0.39 is 5.97 Å². The molecule has 6 nitrogen and oxygen atoms in total. The second-order valence-electron chi connectivity index (χ2n) is 3.26. The van der Waals surface area contributed by atoms with E-state index in [-0.39, 0.29) is 31.2 Å². The van der Waals surface area contributed by atoms with E-state index in [1.54, 1.807) is 13.8 Å². The Morgan fingerprint density at radius 2 is 1.81 bits per heavy atom. The fraction of sp³-hybridized carbons (Fsp3) is 0.700. The molecular weight excluding hydrogens is 212 g/mol. The predicted molar refractivity (Wildman–Crippen MR) is 57.8 cm³/mol. The van der Waals surface area contributed by atoms with Crippen LogP contribution in [0.2, 0.25) is 0 Å². The molecule has 92 valence electrons. The molecule has 0 saturated heterocycles. The van der Waals surface area contributed by atoms with Gasteiger partial charge >= 0.3 is 5.97 Å². The number of carboxylic acids is 1. The quantitative estimate of drug-likeness (QED) is 0.636. The summed E-state index contributed by atoms with van der Waals surface area (Å²) in [7, 11) is 0. The highest BCUT2D eigenvalue weighted by molar-refractivity contribution is 5.85. The molecule has 0 spiro atoms. The zero-order chi connectivity index (χ0) is 12.6. The number of carbonyl (C=O) groups excluding carboxylic acids is 2. The van der Waals surface area contributed by atoms with Crippen LogP contribution in [0.4, 0.5) is 0 Å². The van der Waals surface area contributed by atoms with Crippen LogP contribution in [0, 0.1) is 0 Å². The normalized spacial score (nSPS) is 9.62. The molecule has 0 unspecified atom stereocenters. The van der Waals surface area contributed by atoms with E-state index >= 15 is 0 Å². The maximum atomic E-state index is 11.5. The Labute approximate surface area is 94.6 Å². The zero-order valence-electron chi connectivity index (χ0n) is 9.65. The highest BCUT2D eigenvalue weighted by Crippen LogP contribution is 1.98. The van der Waals surface area contributed by atoms with Crippen LogP contribution in [0.1, 0.15) is 26.7 Å². The van der Waals surface area contributed by atoms with Gasteiger partial charge in [0.25, 0.3) is 0 Å². The number of hydrogen-bond acceptors (Lipinski definition) is 3. The molecule has 0 aliphatic carbocycles. The second-order valence-corrected chi connectivity index (χ2v) is 3.26. The van der Waals surface area contributed by atoms with Crippen molar-refractivity contribution in [3.63, 3.8) is 0 Å². The number of nitrogens with one attached hydrogen (secondary N) is 1. The van der Waals surface area contributed by atoms with E-state index in [4.69, 9.17) is 5.11 Å². The minimum absolute atomic E-state index is 0.0486. The molecule has 0 rings (SSSR count). The Kier molecular flexibility index (Phi) is 6.91. The van der Waals surface area contributed by atoms with Gasteiger partial charge in [-0.2, -0.15) is 0 Å². The zero-order valence-corrected chi connectivity index (χ0v) is 9.65. The predicted octanol–water partition coefficient (Wildman–Crippen LogP) is -0.164. The van der Waals surface area contributed by atoms with Crippen molar-refractivity contribution >= 4 is 17.8 Å². The lowest BCUT2D eigenvalue weighted by atomic mass is 10.2. The highest BCUT2D eigenvalue weighted by Gasteiger charge is 2.15. The SMILES string of the molecule is CCNC(=O)CCC(=O)N(CC)CC(=O)O. The van der Waals surface area contributed by atoms with Crippen molar-refractivity contribution in [3.8, 4) is 0 Å². The van der Waals surface area contributed by atoms with Crippen molar-refractivity contribution in [1.29, 1.82) is 0 Å². The van der Waals surface area contributed by atoms with Gasteiger partial charge < -0.3 is 15.3 Å². The van der Waals surface area contributed by atoms with E-state index in [0.717, 1.165) is 0 Å². The molecule has 0 atom stereocenters. The van der Waals surface area contributed by atoms with E-state index in [1.165, 1.54) is 4.90 Å². The number of carboxylic acid groups (broad SMARTS) is 1. The highest BCUT2D eigenvalue weighted by atomic mass is 16.4. The number of carbonyl (C=O) groups is 3. The van der Waals surface area contributed by atoms with Gasteiger partial charge in [-0.1, -0.05) is 0 Å². The van der Waals surface area contributed by atoms with Gasteiger partial charge in [0, 0.05) is 25.9 Å². The minimum Gasteiger partial charge on any atom is -0.480 e. The fourth-order valence-corrected chi connectivity index (χ4v) is 1.20. The third kappa shape index (κ3) is 6.00. The van der Waals surface area contributed by atoms with Crippen molar-refractivity contribution in [2.75, 3.05) is 19.6 Å². The molecule has 6 heteroatoms. The summed E-state index contributed by atoms with van der Waals surface area (Å²) in [6.45, 7) is 4.04. The Bertz CT molecular complexity index is 266. The number of nitrogens with zero attached hydrogens (tertiary/aromatic N) is 1. The first-order valence-corrected chi connectivity index (χ1v) is 5.27. The van der Waals surface area contributed by atoms with E-state index in [0.29, 0.717) is 13.1 Å². The minimum atomic E-state index is -1.05. The standard InChI is InChI=1S/C10H18N2O4/c1-3-11-8(13)5-6-9(14)12(4-2)7-10(15)16/h3-7H2,1-2H3,(H,11,13)(H,15,16). The second kappa shape index (κ2) is 7.67. The van der Waals surface area contributed by atoms with Crippen LogP contribution in [-0.4, -0.2) is 47.4 Å². The first kappa shape index (κ1) is 14.4. The van der Waals surface area contributed by atoms with Crippen molar-refractivity contribution in [2.45, 2.75) is 26.7 Å². The average Bonchev–Trinajstić information content (AvgIpc) is 2.22. The monoisotopic (exact) mass is 230 g/mol. The fourth-order valence-electron chi connectivity index (χ4n) is 1.20. The summed E-state index contributed by atoms with van der Waals surface area (Å²) in [5, 5.41) is 11.1. The average molecular weight is 230 g/mol. The van der Waals surface area contributed by atoms with Gasteiger partial charge in [0.05, 0.1) is 0 Å². The smallest absolute Gasteiger partial charge is 0.323 e. The third-order valence-electron chi connectivity index (χ3n) is 2.00. The van der Waals surface area contributed by atoms with Crippen LogP contribution in [0.5, 0.6) is 0 Å². The summed E-state index contributed by atoms with van der Waals surface area (Å²) in [5.74, 6) is -1.55. The molecule has 0 aromatic carbocycles. The van der Waals surface area contributed by atoms with Crippen molar-refractivity contribution < 1.29 is 19.5 Å². The summed E-state index contributed by atoms with van der Waals surface area (Å²) in [6, 6.07) is 0. The Morgan fingerprint density at radius 3 is 2.25 bits per heavy atom. The summed E-state index contributed by atoms with van der Waals surface area (Å²) >= 11 is 0. The largest absolute Gasteiger partial charge is 0.480 e. The summed E-state index contributed by atoms with van der Waals surface area (Å²) in [4.78, 5) is 34.2. The molecule has 0 aliphatic heterocycles. The van der Waals surface area contributed by atoms with Gasteiger partial charge in [0.2, 0.25) is 11.8 Å². The molecule has 0 saturated carbocycles. The molecule has 0 radical (unpaired) electrons. The molecule has 0 fully saturated rings. The summed E-state index contributed by atoms with van der Waals surface area (Å²) in [5.41, 5.74) is 0. The summed E-state index contributed by atoms with van der Waals surface area (Å²) < 4.78 is 0. The Morgan fingerprint density at radius 1 is 1.19 bits per heavy atom. The van der Waals surface area contributed by atoms with Crippen LogP contribution in [-0.2, 0) is 14.4 Å². The van der Waals surface area contributed by atoms with Gasteiger partial charge in [-0.25, -0.2) is 0 Å². The van der Waals surface area contributed by atoms with Crippen LogP contribution in [0.3, 0.4) is 0 Å². The molecule has 0 heterocycles. The van der Waals surface area contributed by atoms with Crippen LogP contribution >= 0.6 is 0 Å².